The number of hydrogen-bond acceptors (Lipinski definition) is 12. The van der Waals surface area contributed by atoms with Crippen molar-refractivity contribution < 1.29 is 44.9 Å². The molecule has 0 fully saturated rings. The molecule has 6 aromatic rings. The molecule has 2 heterocycles. The van der Waals surface area contributed by atoms with Gasteiger partial charge in [0.05, 0.1) is 25.0 Å². The van der Waals surface area contributed by atoms with Crippen molar-refractivity contribution >= 4 is 76.4 Å². The summed E-state index contributed by atoms with van der Waals surface area (Å²) in [5, 5.41) is 7.48. The molecule has 0 saturated carbocycles. The Balaban J connectivity index is 0.000000201. The summed E-state index contributed by atoms with van der Waals surface area (Å²) in [6.45, 7) is 3.84. The Hall–Kier alpha value is -5.65. The maximum Gasteiger partial charge on any atom is 0.266 e. The van der Waals surface area contributed by atoms with Crippen LogP contribution in [0.15, 0.2) is 91.6 Å². The maximum atomic E-state index is 12.8. The van der Waals surface area contributed by atoms with Crippen LogP contribution < -0.4 is 24.7 Å². The molecule has 0 saturated heterocycles. The van der Waals surface area contributed by atoms with Gasteiger partial charge in [0, 0.05) is 11.1 Å². The molecular weight excluding hydrogens is 738 g/mol. The molecule has 0 radical (unpaired) electrons. The standard InChI is InChI=1S/C17H15ClN2O5S.C17H17N3O5S/c2*1-3-10-4-6-14(24-2)15(8-10)26(22,23)20-17-12-9-11(16(18)21)5-7-13(12)25-19-17/h4-9H,3H2,1-2H3,(H,19,20);4-9H,3H2,1-2H3,(H2,18,21)(H,19,20). The number of nitrogens with one attached hydrogen (secondary N) is 2. The van der Waals surface area contributed by atoms with Crippen LogP contribution in [-0.2, 0) is 32.9 Å². The van der Waals surface area contributed by atoms with Crippen LogP contribution in [0.25, 0.3) is 21.9 Å². The quantitative estimate of drug-likeness (QED) is 0.124. The fourth-order valence-corrected chi connectivity index (χ4v) is 7.55. The highest BCUT2D eigenvalue weighted by Crippen LogP contribution is 2.32. The minimum Gasteiger partial charge on any atom is -0.495 e. The number of sulfonamides is 2. The van der Waals surface area contributed by atoms with Crippen LogP contribution in [0, 0.1) is 0 Å². The number of hydrogen-bond donors (Lipinski definition) is 3. The van der Waals surface area contributed by atoms with E-state index in [0.29, 0.717) is 34.8 Å². The third-order valence-electron chi connectivity index (χ3n) is 7.77. The Labute approximate surface area is 303 Å². The molecule has 0 atom stereocenters. The van der Waals surface area contributed by atoms with E-state index in [9.17, 15) is 26.4 Å². The first-order valence-corrected chi connectivity index (χ1v) is 18.7. The van der Waals surface area contributed by atoms with E-state index in [4.69, 9.17) is 35.9 Å². The summed E-state index contributed by atoms with van der Waals surface area (Å²) in [5.74, 6) is -0.297. The second-order valence-electron chi connectivity index (χ2n) is 11.0. The Bertz CT molecular complexity index is 2360. The van der Waals surface area contributed by atoms with Gasteiger partial charge in [-0.3, -0.25) is 19.0 Å². The Morgan fingerprint density at radius 3 is 1.50 bits per heavy atom. The summed E-state index contributed by atoms with van der Waals surface area (Å²) in [6, 6.07) is 18.6. The number of carbonyl (C=O) groups excluding carboxylic acids is 2. The molecule has 0 aliphatic rings. The zero-order chi connectivity index (χ0) is 37.8. The van der Waals surface area contributed by atoms with Crippen molar-refractivity contribution in [1.29, 1.82) is 0 Å². The van der Waals surface area contributed by atoms with Crippen molar-refractivity contribution in [3.8, 4) is 11.5 Å². The second kappa shape index (κ2) is 15.3. The van der Waals surface area contributed by atoms with Crippen LogP contribution in [0.3, 0.4) is 0 Å². The van der Waals surface area contributed by atoms with Gasteiger partial charge in [-0.2, -0.15) is 0 Å². The number of methoxy groups -OCH3 is 2. The largest absolute Gasteiger partial charge is 0.495 e. The van der Waals surface area contributed by atoms with Crippen molar-refractivity contribution in [3.05, 3.63) is 95.1 Å². The van der Waals surface area contributed by atoms with Crippen LogP contribution in [-0.4, -0.2) is 52.5 Å². The molecule has 272 valence electrons. The lowest BCUT2D eigenvalue weighted by Gasteiger charge is -2.11. The maximum absolute atomic E-state index is 12.8. The molecule has 0 bridgehead atoms. The molecule has 0 aliphatic carbocycles. The van der Waals surface area contributed by atoms with Crippen LogP contribution >= 0.6 is 11.6 Å². The zero-order valence-electron chi connectivity index (χ0n) is 28.1. The summed E-state index contributed by atoms with van der Waals surface area (Å²) in [7, 11) is -5.21. The van der Waals surface area contributed by atoms with Crippen LogP contribution in [0.4, 0.5) is 11.6 Å². The molecule has 0 aliphatic heterocycles. The van der Waals surface area contributed by atoms with Crippen LogP contribution in [0.2, 0.25) is 0 Å². The van der Waals surface area contributed by atoms with Gasteiger partial charge in [0.25, 0.3) is 25.3 Å². The van der Waals surface area contributed by atoms with E-state index in [1.807, 2.05) is 13.8 Å². The number of fused-ring (bicyclic) bond motifs is 2. The average molecular weight is 770 g/mol. The van der Waals surface area contributed by atoms with Gasteiger partial charge in [-0.05, 0) is 96.2 Å². The zero-order valence-corrected chi connectivity index (χ0v) is 30.5. The van der Waals surface area contributed by atoms with Crippen molar-refractivity contribution in [1.82, 2.24) is 10.3 Å². The number of halogens is 1. The Morgan fingerprint density at radius 2 is 1.12 bits per heavy atom. The molecule has 0 spiro atoms. The minimum absolute atomic E-state index is 0.0124. The van der Waals surface area contributed by atoms with Gasteiger partial charge in [0.1, 0.15) is 21.3 Å². The van der Waals surface area contributed by atoms with E-state index in [1.54, 1.807) is 24.3 Å². The topological polar surface area (TPSA) is 223 Å². The van der Waals surface area contributed by atoms with Gasteiger partial charge >= 0.3 is 0 Å². The number of nitrogens with zero attached hydrogens (tertiary/aromatic N) is 2. The molecule has 4 N–H and O–H groups in total. The summed E-state index contributed by atoms with van der Waals surface area (Å²) in [4.78, 5) is 22.7. The van der Waals surface area contributed by atoms with Gasteiger partial charge < -0.3 is 24.3 Å². The van der Waals surface area contributed by atoms with Crippen molar-refractivity contribution in [2.45, 2.75) is 36.5 Å². The lowest BCUT2D eigenvalue weighted by molar-refractivity contribution is 0.0999. The van der Waals surface area contributed by atoms with E-state index in [2.05, 4.69) is 19.8 Å². The third kappa shape index (κ3) is 7.96. The van der Waals surface area contributed by atoms with E-state index < -0.39 is 31.2 Å². The normalized spacial score (nSPS) is 11.5. The second-order valence-corrected chi connectivity index (χ2v) is 14.7. The molecule has 1 amide bonds. The number of aryl methyl sites for hydroxylation is 2. The lowest BCUT2D eigenvalue weighted by atomic mass is 10.1. The number of nitrogens with two attached hydrogens (primary N) is 1. The third-order valence-corrected chi connectivity index (χ3v) is 10.7. The smallest absolute Gasteiger partial charge is 0.266 e. The predicted octanol–water partition coefficient (Wildman–Crippen LogP) is 5.88. The number of aromatic nitrogens is 2. The van der Waals surface area contributed by atoms with Crippen molar-refractivity contribution in [3.63, 3.8) is 0 Å². The highest BCUT2D eigenvalue weighted by molar-refractivity contribution is 7.93. The number of benzene rings is 4. The van der Waals surface area contributed by atoms with E-state index in [0.717, 1.165) is 11.1 Å². The average Bonchev–Trinajstić information content (AvgIpc) is 3.73. The number of primary amides is 1. The number of ether oxygens (including phenoxy) is 2. The van der Waals surface area contributed by atoms with Gasteiger partial charge in [-0.1, -0.05) is 36.3 Å². The van der Waals surface area contributed by atoms with Crippen molar-refractivity contribution in [2.24, 2.45) is 5.73 Å². The molecule has 52 heavy (non-hydrogen) atoms. The first-order valence-electron chi connectivity index (χ1n) is 15.4. The fraction of sp³-hybridized carbons (Fsp3) is 0.176. The molecule has 6 rings (SSSR count). The lowest BCUT2D eigenvalue weighted by Crippen LogP contribution is -2.15. The van der Waals surface area contributed by atoms with E-state index in [1.165, 1.54) is 62.8 Å². The minimum atomic E-state index is -4.00. The number of amides is 1. The molecular formula is C34H32ClN5O10S2. The van der Waals surface area contributed by atoms with E-state index >= 15 is 0 Å². The SMILES string of the molecule is CCc1ccc(OC)c(S(=O)(=O)Nc2noc3ccc(C(=O)Cl)cc23)c1.CCc1ccc(OC)c(S(=O)(=O)Nc2noc3ccc(C(N)=O)cc23)c1. The Morgan fingerprint density at radius 1 is 0.692 bits per heavy atom. The van der Waals surface area contributed by atoms with Crippen molar-refractivity contribution in [2.75, 3.05) is 23.7 Å². The highest BCUT2D eigenvalue weighted by atomic mass is 35.5. The number of carbonyl (C=O) groups is 2. The molecule has 4 aromatic carbocycles. The fourth-order valence-electron chi connectivity index (χ4n) is 4.97. The molecule has 2 aromatic heterocycles. The number of rotatable bonds is 12. The summed E-state index contributed by atoms with van der Waals surface area (Å²) in [5.41, 5.74) is 8.00. The summed E-state index contributed by atoms with van der Waals surface area (Å²) in [6.07, 6.45) is 1.34. The highest BCUT2D eigenvalue weighted by Gasteiger charge is 2.25. The first-order chi connectivity index (χ1) is 24.7. The van der Waals surface area contributed by atoms with E-state index in [-0.39, 0.29) is 44.1 Å². The molecule has 15 nitrogen and oxygen atoms in total. The summed E-state index contributed by atoms with van der Waals surface area (Å²) < 4.78 is 76.7. The first kappa shape index (κ1) is 37.6. The predicted molar refractivity (Wildman–Crippen MR) is 193 cm³/mol. The monoisotopic (exact) mass is 769 g/mol. The van der Waals surface area contributed by atoms with Crippen LogP contribution in [0.1, 0.15) is 45.7 Å². The van der Waals surface area contributed by atoms with Gasteiger partial charge in [0.2, 0.25) is 5.91 Å². The van der Waals surface area contributed by atoms with Gasteiger partial charge in [-0.25, -0.2) is 16.8 Å². The summed E-state index contributed by atoms with van der Waals surface area (Å²) >= 11 is 5.48. The van der Waals surface area contributed by atoms with Gasteiger partial charge in [-0.15, -0.1) is 0 Å². The van der Waals surface area contributed by atoms with Gasteiger partial charge in [0.15, 0.2) is 22.8 Å². The number of anilines is 2. The van der Waals surface area contributed by atoms with Crippen LogP contribution in [0.5, 0.6) is 11.5 Å². The molecule has 0 unspecified atom stereocenters. The Kier molecular flexibility index (Phi) is 11.1. The molecule has 18 heteroatoms.